The second-order valence-electron chi connectivity index (χ2n) is 7.75. The quantitative estimate of drug-likeness (QED) is 0.837. The normalized spacial score (nSPS) is 13.9. The van der Waals surface area contributed by atoms with Crippen molar-refractivity contribution in [3.63, 3.8) is 0 Å². The molecule has 0 aliphatic carbocycles. The van der Waals surface area contributed by atoms with Gasteiger partial charge in [0.25, 0.3) is 11.8 Å². The lowest BCUT2D eigenvalue weighted by Crippen LogP contribution is -2.29. The summed E-state index contributed by atoms with van der Waals surface area (Å²) >= 11 is 0. The summed E-state index contributed by atoms with van der Waals surface area (Å²) < 4.78 is 0. The highest BCUT2D eigenvalue weighted by molar-refractivity contribution is 6.09. The number of rotatable bonds is 5. The Kier molecular flexibility index (Phi) is 5.94. The molecule has 2 amide bonds. The number of carbonyl (C=O) groups is 2. The number of nitrogens with zero attached hydrogens (tertiary/aromatic N) is 1. The Morgan fingerprint density at radius 3 is 2.33 bits per heavy atom. The number of hydrogen-bond acceptors (Lipinski definition) is 2. The van der Waals surface area contributed by atoms with Crippen LogP contribution in [0.2, 0.25) is 0 Å². The molecule has 27 heavy (non-hydrogen) atoms. The van der Waals surface area contributed by atoms with Crippen molar-refractivity contribution in [2.75, 3.05) is 18.4 Å². The molecule has 2 aromatic carbocycles. The minimum atomic E-state index is -0.184. The zero-order valence-electron chi connectivity index (χ0n) is 16.4. The van der Waals surface area contributed by atoms with Gasteiger partial charge >= 0.3 is 0 Å². The third-order valence-corrected chi connectivity index (χ3v) is 5.00. The third-order valence-electron chi connectivity index (χ3n) is 5.00. The largest absolute Gasteiger partial charge is 0.339 e. The number of hydrogen-bond donors (Lipinski definition) is 1. The summed E-state index contributed by atoms with van der Waals surface area (Å²) in [6.07, 6.45) is 3.08. The molecule has 0 bridgehead atoms. The molecule has 142 valence electrons. The SMILES string of the molecule is Cc1cccc(C(=O)N2CCCC2)c1NC(=O)c1ccc(CC(C)C)cc1. The molecule has 0 aromatic heterocycles. The molecule has 0 radical (unpaired) electrons. The molecule has 1 saturated heterocycles. The maximum Gasteiger partial charge on any atom is 0.255 e. The van der Waals surface area contributed by atoms with Crippen LogP contribution >= 0.6 is 0 Å². The second kappa shape index (κ2) is 8.38. The van der Waals surface area contributed by atoms with Gasteiger partial charge in [0, 0.05) is 18.7 Å². The topological polar surface area (TPSA) is 49.4 Å². The highest BCUT2D eigenvalue weighted by Crippen LogP contribution is 2.24. The molecule has 1 heterocycles. The number of likely N-dealkylation sites (tertiary alicyclic amines) is 1. The van der Waals surface area contributed by atoms with Gasteiger partial charge in [-0.2, -0.15) is 0 Å². The average Bonchev–Trinajstić information content (AvgIpc) is 3.17. The Morgan fingerprint density at radius 1 is 1.04 bits per heavy atom. The van der Waals surface area contributed by atoms with E-state index in [4.69, 9.17) is 0 Å². The van der Waals surface area contributed by atoms with Gasteiger partial charge in [-0.15, -0.1) is 0 Å². The van der Waals surface area contributed by atoms with Crippen molar-refractivity contribution in [3.8, 4) is 0 Å². The van der Waals surface area contributed by atoms with Crippen molar-refractivity contribution in [1.29, 1.82) is 0 Å². The first-order chi connectivity index (χ1) is 13.0. The number of benzene rings is 2. The van der Waals surface area contributed by atoms with E-state index in [2.05, 4.69) is 19.2 Å². The third kappa shape index (κ3) is 4.57. The molecule has 1 N–H and O–H groups in total. The molecular weight excluding hydrogens is 336 g/mol. The van der Waals surface area contributed by atoms with Gasteiger partial charge in [-0.1, -0.05) is 38.1 Å². The van der Waals surface area contributed by atoms with E-state index in [0.29, 0.717) is 22.7 Å². The molecule has 0 unspecified atom stereocenters. The molecule has 0 spiro atoms. The Bertz CT molecular complexity index is 819. The molecule has 0 atom stereocenters. The van der Waals surface area contributed by atoms with Crippen LogP contribution in [0.25, 0.3) is 0 Å². The van der Waals surface area contributed by atoms with Gasteiger partial charge in [-0.3, -0.25) is 9.59 Å². The Morgan fingerprint density at radius 2 is 1.70 bits per heavy atom. The maximum absolute atomic E-state index is 12.9. The number of amides is 2. The second-order valence-corrected chi connectivity index (χ2v) is 7.75. The van der Waals surface area contributed by atoms with Crippen molar-refractivity contribution in [3.05, 3.63) is 64.7 Å². The summed E-state index contributed by atoms with van der Waals surface area (Å²) in [5.41, 5.74) is 3.91. The van der Waals surface area contributed by atoms with E-state index in [1.54, 1.807) is 6.07 Å². The fourth-order valence-corrected chi connectivity index (χ4v) is 3.55. The highest BCUT2D eigenvalue weighted by Gasteiger charge is 2.23. The number of carbonyl (C=O) groups excluding carboxylic acids is 2. The van der Waals surface area contributed by atoms with Gasteiger partial charge in [0.15, 0.2) is 0 Å². The Hall–Kier alpha value is -2.62. The minimum absolute atomic E-state index is 0.00113. The van der Waals surface area contributed by atoms with Crippen molar-refractivity contribution < 1.29 is 9.59 Å². The van der Waals surface area contributed by atoms with Crippen molar-refractivity contribution >= 4 is 17.5 Å². The first kappa shape index (κ1) is 19.2. The summed E-state index contributed by atoms with van der Waals surface area (Å²) in [7, 11) is 0. The van der Waals surface area contributed by atoms with E-state index < -0.39 is 0 Å². The van der Waals surface area contributed by atoms with Gasteiger partial charge in [0.2, 0.25) is 0 Å². The predicted octanol–water partition coefficient (Wildman–Crippen LogP) is 4.68. The van der Waals surface area contributed by atoms with E-state index in [9.17, 15) is 9.59 Å². The monoisotopic (exact) mass is 364 g/mol. The van der Waals surface area contributed by atoms with Crippen LogP contribution in [0.3, 0.4) is 0 Å². The molecule has 3 rings (SSSR count). The molecule has 1 aliphatic rings. The van der Waals surface area contributed by atoms with Crippen LogP contribution in [0, 0.1) is 12.8 Å². The zero-order chi connectivity index (χ0) is 19.4. The molecule has 0 saturated carbocycles. The number of aryl methyl sites for hydroxylation is 1. The molecule has 2 aromatic rings. The lowest BCUT2D eigenvalue weighted by molar-refractivity contribution is 0.0794. The van der Waals surface area contributed by atoms with Crippen LogP contribution in [-0.2, 0) is 6.42 Å². The molecule has 1 fully saturated rings. The maximum atomic E-state index is 12.9. The van der Waals surface area contributed by atoms with Crippen LogP contribution in [0.1, 0.15) is 58.5 Å². The molecule has 4 nitrogen and oxygen atoms in total. The number of para-hydroxylation sites is 1. The predicted molar refractivity (Wildman–Crippen MR) is 109 cm³/mol. The number of nitrogens with one attached hydrogen (secondary N) is 1. The fourth-order valence-electron chi connectivity index (χ4n) is 3.55. The van der Waals surface area contributed by atoms with E-state index in [1.165, 1.54) is 5.56 Å². The average molecular weight is 364 g/mol. The zero-order valence-corrected chi connectivity index (χ0v) is 16.4. The van der Waals surface area contributed by atoms with E-state index >= 15 is 0 Å². The van der Waals surface area contributed by atoms with Gasteiger partial charge in [-0.25, -0.2) is 0 Å². The van der Waals surface area contributed by atoms with E-state index in [0.717, 1.165) is 37.9 Å². The van der Waals surface area contributed by atoms with Gasteiger partial charge in [0.1, 0.15) is 0 Å². The first-order valence-electron chi connectivity index (χ1n) is 9.75. The molecule has 4 heteroatoms. The molecule has 1 aliphatic heterocycles. The highest BCUT2D eigenvalue weighted by atomic mass is 16.2. The van der Waals surface area contributed by atoms with Crippen LogP contribution in [0.5, 0.6) is 0 Å². The lowest BCUT2D eigenvalue weighted by Gasteiger charge is -2.19. The van der Waals surface area contributed by atoms with E-state index in [-0.39, 0.29) is 11.8 Å². The fraction of sp³-hybridized carbons (Fsp3) is 0.391. The van der Waals surface area contributed by atoms with Crippen LogP contribution in [-0.4, -0.2) is 29.8 Å². The van der Waals surface area contributed by atoms with Crippen LogP contribution in [0.15, 0.2) is 42.5 Å². The summed E-state index contributed by atoms with van der Waals surface area (Å²) in [5.74, 6) is 0.394. The Balaban J connectivity index is 1.80. The van der Waals surface area contributed by atoms with Crippen LogP contribution in [0.4, 0.5) is 5.69 Å². The minimum Gasteiger partial charge on any atom is -0.339 e. The lowest BCUT2D eigenvalue weighted by atomic mass is 10.0. The van der Waals surface area contributed by atoms with Crippen molar-refractivity contribution in [2.24, 2.45) is 5.92 Å². The summed E-state index contributed by atoms with van der Waals surface area (Å²) in [6, 6.07) is 13.3. The van der Waals surface area contributed by atoms with Gasteiger partial charge in [0.05, 0.1) is 11.3 Å². The Labute approximate surface area is 161 Å². The van der Waals surface area contributed by atoms with E-state index in [1.807, 2.05) is 48.2 Å². The van der Waals surface area contributed by atoms with Gasteiger partial charge in [-0.05, 0) is 61.4 Å². The van der Waals surface area contributed by atoms with Crippen molar-refractivity contribution in [1.82, 2.24) is 4.90 Å². The smallest absolute Gasteiger partial charge is 0.255 e. The van der Waals surface area contributed by atoms with Crippen molar-refractivity contribution in [2.45, 2.75) is 40.0 Å². The first-order valence-corrected chi connectivity index (χ1v) is 9.75. The van der Waals surface area contributed by atoms with Crippen LogP contribution < -0.4 is 5.32 Å². The molecular formula is C23H28N2O2. The number of anilines is 1. The summed E-state index contributed by atoms with van der Waals surface area (Å²) in [5, 5.41) is 2.97. The summed E-state index contributed by atoms with van der Waals surface area (Å²) in [4.78, 5) is 27.5. The standard InChI is InChI=1S/C23H28N2O2/c1-16(2)15-18-9-11-19(12-10-18)22(26)24-21-17(3)7-6-8-20(21)23(27)25-13-4-5-14-25/h6-12,16H,4-5,13-15H2,1-3H3,(H,24,26). The van der Waals surface area contributed by atoms with Gasteiger partial charge < -0.3 is 10.2 Å². The summed E-state index contributed by atoms with van der Waals surface area (Å²) in [6.45, 7) is 7.85.